The van der Waals surface area contributed by atoms with Gasteiger partial charge in [0.25, 0.3) is 5.56 Å². The zero-order chi connectivity index (χ0) is 18.1. The lowest BCUT2D eigenvalue weighted by Crippen LogP contribution is -2.37. The molecule has 4 rings (SSSR count). The van der Waals surface area contributed by atoms with E-state index in [0.29, 0.717) is 23.7 Å². The molecule has 3 N–H and O–H groups in total. The Bertz CT molecular complexity index is 824. The van der Waals surface area contributed by atoms with Gasteiger partial charge in [-0.05, 0) is 38.7 Å². The molecule has 0 atom stereocenters. The summed E-state index contributed by atoms with van der Waals surface area (Å²) in [5.74, 6) is 2.50. The maximum absolute atomic E-state index is 11.6. The van der Waals surface area contributed by atoms with Crippen LogP contribution in [-0.2, 0) is 0 Å². The van der Waals surface area contributed by atoms with Gasteiger partial charge in [-0.25, -0.2) is 9.97 Å². The average Bonchev–Trinajstić information content (AvgIpc) is 2.58. The van der Waals surface area contributed by atoms with Gasteiger partial charge >= 0.3 is 0 Å². The molecule has 138 valence electrons. The van der Waals surface area contributed by atoms with Crippen molar-refractivity contribution in [3.05, 3.63) is 40.2 Å². The number of aromatic nitrogens is 4. The van der Waals surface area contributed by atoms with Crippen molar-refractivity contribution < 1.29 is 5.11 Å². The van der Waals surface area contributed by atoms with E-state index >= 15 is 0 Å². The third kappa shape index (κ3) is 3.70. The molecule has 2 aliphatic rings. The summed E-state index contributed by atoms with van der Waals surface area (Å²) in [5, 5.41) is 13.0. The second-order valence-electron chi connectivity index (χ2n) is 7.22. The summed E-state index contributed by atoms with van der Waals surface area (Å²) in [6.45, 7) is 3.44. The third-order valence-corrected chi connectivity index (χ3v) is 5.20. The van der Waals surface area contributed by atoms with E-state index in [1.165, 1.54) is 0 Å². The Labute approximate surface area is 151 Å². The number of anilines is 2. The first kappa shape index (κ1) is 17.0. The van der Waals surface area contributed by atoms with Crippen molar-refractivity contribution in [2.75, 3.05) is 23.3 Å². The van der Waals surface area contributed by atoms with Crippen molar-refractivity contribution in [2.24, 2.45) is 0 Å². The van der Waals surface area contributed by atoms with Crippen LogP contribution in [0.3, 0.4) is 0 Å². The van der Waals surface area contributed by atoms with Crippen LogP contribution >= 0.6 is 0 Å². The molecule has 0 aromatic carbocycles. The van der Waals surface area contributed by atoms with Crippen molar-refractivity contribution in [1.82, 2.24) is 19.9 Å². The number of aryl methyl sites for hydroxylation is 1. The Balaban J connectivity index is 1.36. The van der Waals surface area contributed by atoms with Gasteiger partial charge < -0.3 is 20.3 Å². The average molecular weight is 356 g/mol. The van der Waals surface area contributed by atoms with Crippen LogP contribution in [0, 0.1) is 6.92 Å². The molecule has 1 saturated heterocycles. The molecule has 0 amide bonds. The van der Waals surface area contributed by atoms with E-state index in [9.17, 15) is 9.90 Å². The van der Waals surface area contributed by atoms with Crippen molar-refractivity contribution in [2.45, 2.75) is 50.7 Å². The molecule has 1 saturated carbocycles. The molecule has 0 spiro atoms. The Kier molecular flexibility index (Phi) is 4.58. The first-order valence-corrected chi connectivity index (χ1v) is 9.17. The molecule has 8 heteroatoms. The second kappa shape index (κ2) is 7.03. The molecule has 0 bridgehead atoms. The maximum atomic E-state index is 11.6. The SMILES string of the molecule is Cc1nc(C2CC(Nc3nccc(N4CCC(O)CC4)n3)C2)cc(=O)[nH]1. The van der Waals surface area contributed by atoms with Gasteiger partial charge in [0.15, 0.2) is 0 Å². The van der Waals surface area contributed by atoms with Crippen LogP contribution in [0.2, 0.25) is 0 Å². The number of H-pyrrole nitrogens is 1. The summed E-state index contributed by atoms with van der Waals surface area (Å²) in [6.07, 6.45) is 4.96. The highest BCUT2D eigenvalue weighted by atomic mass is 16.3. The Morgan fingerprint density at radius 2 is 2.04 bits per heavy atom. The predicted molar refractivity (Wildman–Crippen MR) is 98.5 cm³/mol. The molecule has 2 aromatic rings. The number of aromatic amines is 1. The van der Waals surface area contributed by atoms with Gasteiger partial charge in [-0.3, -0.25) is 4.79 Å². The highest BCUT2D eigenvalue weighted by molar-refractivity contribution is 5.43. The highest BCUT2D eigenvalue weighted by Gasteiger charge is 2.32. The van der Waals surface area contributed by atoms with Crippen LogP contribution in [0.25, 0.3) is 0 Å². The van der Waals surface area contributed by atoms with E-state index in [1.807, 2.05) is 6.07 Å². The summed E-state index contributed by atoms with van der Waals surface area (Å²) in [7, 11) is 0. The number of hydrogen-bond acceptors (Lipinski definition) is 7. The van der Waals surface area contributed by atoms with Crippen molar-refractivity contribution in [1.29, 1.82) is 0 Å². The van der Waals surface area contributed by atoms with Crippen LogP contribution in [0.15, 0.2) is 23.1 Å². The smallest absolute Gasteiger partial charge is 0.251 e. The minimum Gasteiger partial charge on any atom is -0.393 e. The number of nitrogens with one attached hydrogen (secondary N) is 2. The van der Waals surface area contributed by atoms with Crippen LogP contribution in [0.5, 0.6) is 0 Å². The summed E-state index contributed by atoms with van der Waals surface area (Å²) in [4.78, 5) is 29.8. The summed E-state index contributed by atoms with van der Waals surface area (Å²) in [5.41, 5.74) is 0.775. The number of hydrogen-bond donors (Lipinski definition) is 3. The lowest BCUT2D eigenvalue weighted by atomic mass is 9.78. The van der Waals surface area contributed by atoms with E-state index in [0.717, 1.165) is 50.3 Å². The molecule has 1 aliphatic heterocycles. The normalized spacial score (nSPS) is 23.5. The molecule has 2 aromatic heterocycles. The van der Waals surface area contributed by atoms with Gasteiger partial charge in [0, 0.05) is 37.3 Å². The maximum Gasteiger partial charge on any atom is 0.251 e. The predicted octanol–water partition coefficient (Wildman–Crippen LogP) is 1.19. The number of nitrogens with zero attached hydrogens (tertiary/aromatic N) is 4. The minimum atomic E-state index is -0.194. The zero-order valence-electron chi connectivity index (χ0n) is 14.9. The lowest BCUT2D eigenvalue weighted by molar-refractivity contribution is 0.145. The van der Waals surface area contributed by atoms with Gasteiger partial charge in [0.1, 0.15) is 11.6 Å². The quantitative estimate of drug-likeness (QED) is 0.755. The van der Waals surface area contributed by atoms with Crippen LogP contribution in [-0.4, -0.2) is 50.3 Å². The fourth-order valence-electron chi connectivity index (χ4n) is 3.66. The third-order valence-electron chi connectivity index (χ3n) is 5.20. The van der Waals surface area contributed by atoms with E-state index in [4.69, 9.17) is 0 Å². The molecule has 0 unspecified atom stereocenters. The fraction of sp³-hybridized carbons (Fsp3) is 0.556. The topological polar surface area (TPSA) is 107 Å². The van der Waals surface area contributed by atoms with Crippen molar-refractivity contribution in [3.8, 4) is 0 Å². The van der Waals surface area contributed by atoms with E-state index in [-0.39, 0.29) is 11.7 Å². The monoisotopic (exact) mass is 356 g/mol. The van der Waals surface area contributed by atoms with Gasteiger partial charge in [-0.1, -0.05) is 0 Å². The minimum absolute atomic E-state index is 0.0911. The number of rotatable bonds is 4. The first-order chi connectivity index (χ1) is 12.6. The van der Waals surface area contributed by atoms with E-state index in [2.05, 4.69) is 30.2 Å². The van der Waals surface area contributed by atoms with Gasteiger partial charge in [-0.15, -0.1) is 0 Å². The highest BCUT2D eigenvalue weighted by Crippen LogP contribution is 2.36. The van der Waals surface area contributed by atoms with Gasteiger partial charge in [0.05, 0.1) is 11.8 Å². The van der Waals surface area contributed by atoms with E-state index in [1.54, 1.807) is 19.2 Å². The molecule has 8 nitrogen and oxygen atoms in total. The fourth-order valence-corrected chi connectivity index (χ4v) is 3.66. The molecular weight excluding hydrogens is 332 g/mol. The molecule has 1 aliphatic carbocycles. The van der Waals surface area contributed by atoms with Crippen LogP contribution < -0.4 is 15.8 Å². The lowest BCUT2D eigenvalue weighted by Gasteiger charge is -2.35. The number of piperidine rings is 1. The number of aliphatic hydroxyl groups is 1. The largest absolute Gasteiger partial charge is 0.393 e. The molecule has 26 heavy (non-hydrogen) atoms. The summed E-state index contributed by atoms with van der Waals surface area (Å²) >= 11 is 0. The van der Waals surface area contributed by atoms with Gasteiger partial charge in [-0.2, -0.15) is 4.98 Å². The molecule has 0 radical (unpaired) electrons. The van der Waals surface area contributed by atoms with Crippen LogP contribution in [0.4, 0.5) is 11.8 Å². The van der Waals surface area contributed by atoms with Crippen molar-refractivity contribution >= 4 is 11.8 Å². The Hall–Kier alpha value is -2.48. The zero-order valence-corrected chi connectivity index (χ0v) is 14.9. The van der Waals surface area contributed by atoms with Crippen LogP contribution in [0.1, 0.15) is 43.1 Å². The number of aliphatic hydroxyl groups excluding tert-OH is 1. The molecular formula is C18H24N6O2. The Morgan fingerprint density at radius 3 is 2.77 bits per heavy atom. The second-order valence-corrected chi connectivity index (χ2v) is 7.22. The molecule has 2 fully saturated rings. The molecule has 3 heterocycles. The Morgan fingerprint density at radius 1 is 1.27 bits per heavy atom. The van der Waals surface area contributed by atoms with Gasteiger partial charge in [0.2, 0.25) is 5.95 Å². The summed E-state index contributed by atoms with van der Waals surface area (Å²) < 4.78 is 0. The summed E-state index contributed by atoms with van der Waals surface area (Å²) in [6, 6.07) is 3.80. The standard InChI is InChI=1S/C18H24N6O2/c1-11-20-15(10-17(26)21-11)12-8-13(9-12)22-18-19-5-2-16(23-18)24-6-3-14(25)4-7-24/h2,5,10,12-14,25H,3-4,6-9H2,1H3,(H,19,22,23)(H,20,21,26). The first-order valence-electron chi connectivity index (χ1n) is 9.17. The van der Waals surface area contributed by atoms with E-state index < -0.39 is 0 Å². The van der Waals surface area contributed by atoms with Crippen molar-refractivity contribution in [3.63, 3.8) is 0 Å².